The second-order valence-electron chi connectivity index (χ2n) is 2.93. The summed E-state index contributed by atoms with van der Waals surface area (Å²) in [5.74, 6) is 0.879. The second-order valence-corrected chi connectivity index (χ2v) is 5.48. The van der Waals surface area contributed by atoms with E-state index in [1.165, 1.54) is 4.88 Å². The number of hydrogen-bond donors (Lipinski definition) is 2. The molecule has 0 bridgehead atoms. The Kier molecular flexibility index (Phi) is 5.71. The third-order valence-corrected chi connectivity index (χ3v) is 3.32. The summed E-state index contributed by atoms with van der Waals surface area (Å²) >= 11 is 5.16. The highest BCUT2D eigenvalue weighted by Gasteiger charge is 1.98. The van der Waals surface area contributed by atoms with E-state index in [1.807, 2.05) is 0 Å². The minimum Gasteiger partial charge on any atom is -0.357 e. The molecule has 1 aromatic rings. The van der Waals surface area contributed by atoms with Crippen molar-refractivity contribution in [1.29, 1.82) is 0 Å². The predicted octanol–water partition coefficient (Wildman–Crippen LogP) is 2.59. The number of halogens is 1. The molecule has 1 heterocycles. The summed E-state index contributed by atoms with van der Waals surface area (Å²) in [5.41, 5.74) is 0. The zero-order chi connectivity index (χ0) is 11.1. The van der Waals surface area contributed by atoms with Crippen molar-refractivity contribution in [3.05, 3.63) is 20.8 Å². The average Bonchev–Trinajstić information content (AvgIpc) is 2.61. The van der Waals surface area contributed by atoms with Gasteiger partial charge in [-0.25, -0.2) is 4.99 Å². The van der Waals surface area contributed by atoms with E-state index in [-0.39, 0.29) is 0 Å². The number of nitrogens with one attached hydrogen (secondary N) is 2. The zero-order valence-corrected chi connectivity index (χ0v) is 11.4. The van der Waals surface area contributed by atoms with Crippen LogP contribution in [0.15, 0.2) is 20.9 Å². The number of guanidine groups is 1. The first-order valence-electron chi connectivity index (χ1n) is 5.02. The molecule has 0 radical (unpaired) electrons. The van der Waals surface area contributed by atoms with Crippen molar-refractivity contribution in [2.24, 2.45) is 4.99 Å². The van der Waals surface area contributed by atoms with Crippen molar-refractivity contribution in [3.8, 4) is 0 Å². The third kappa shape index (κ3) is 4.66. The van der Waals surface area contributed by atoms with E-state index >= 15 is 0 Å². The molecule has 2 N–H and O–H groups in total. The fourth-order valence-corrected chi connectivity index (χ4v) is 2.51. The average molecular weight is 290 g/mol. The highest BCUT2D eigenvalue weighted by Crippen LogP contribution is 2.22. The Labute approximate surface area is 103 Å². The third-order valence-electron chi connectivity index (χ3n) is 1.71. The molecule has 0 aliphatic rings. The van der Waals surface area contributed by atoms with E-state index in [0.29, 0.717) is 0 Å². The molecular formula is C10H16BrN3S. The smallest absolute Gasteiger partial charge is 0.191 e. The lowest BCUT2D eigenvalue weighted by Crippen LogP contribution is -2.36. The Bertz CT molecular complexity index is 314. The molecule has 1 aromatic heterocycles. The normalized spacial score (nSPS) is 9.80. The minimum atomic E-state index is 0.728. The van der Waals surface area contributed by atoms with Crippen molar-refractivity contribution in [2.75, 3.05) is 13.1 Å². The largest absolute Gasteiger partial charge is 0.357 e. The second kappa shape index (κ2) is 6.85. The van der Waals surface area contributed by atoms with E-state index in [4.69, 9.17) is 0 Å². The Balaban J connectivity index is 2.52. The maximum atomic E-state index is 4.47. The molecule has 0 spiro atoms. The number of aliphatic imine (C=N–C) groups is 1. The number of nitrogens with zero attached hydrogens (tertiary/aromatic N) is 1. The van der Waals surface area contributed by atoms with Gasteiger partial charge in [0.05, 0.1) is 10.3 Å². The monoisotopic (exact) mass is 289 g/mol. The SMILES string of the molecule is CCNC(=NCc1ccc(Br)s1)NCC. The predicted molar refractivity (Wildman–Crippen MR) is 70.5 cm³/mol. The van der Waals surface area contributed by atoms with Gasteiger partial charge in [-0.2, -0.15) is 0 Å². The van der Waals surface area contributed by atoms with Crippen LogP contribution >= 0.6 is 27.3 Å². The topological polar surface area (TPSA) is 36.4 Å². The van der Waals surface area contributed by atoms with Crippen molar-refractivity contribution in [1.82, 2.24) is 10.6 Å². The van der Waals surface area contributed by atoms with Crippen LogP contribution in [0.3, 0.4) is 0 Å². The lowest BCUT2D eigenvalue weighted by Gasteiger charge is -2.08. The Hall–Kier alpha value is -0.550. The van der Waals surface area contributed by atoms with Crippen LogP contribution in [0.2, 0.25) is 0 Å². The van der Waals surface area contributed by atoms with E-state index in [1.54, 1.807) is 11.3 Å². The summed E-state index contributed by atoms with van der Waals surface area (Å²) < 4.78 is 1.15. The van der Waals surface area contributed by atoms with Gasteiger partial charge in [-0.15, -0.1) is 11.3 Å². The summed E-state index contributed by atoms with van der Waals surface area (Å²) in [5, 5.41) is 6.38. The Morgan fingerprint density at radius 3 is 2.47 bits per heavy atom. The maximum absolute atomic E-state index is 4.47. The summed E-state index contributed by atoms with van der Waals surface area (Å²) in [4.78, 5) is 5.73. The van der Waals surface area contributed by atoms with Gasteiger partial charge in [0.1, 0.15) is 0 Å². The number of thiophene rings is 1. The highest BCUT2D eigenvalue weighted by atomic mass is 79.9. The van der Waals surface area contributed by atoms with Crippen LogP contribution in [-0.2, 0) is 6.54 Å². The van der Waals surface area contributed by atoms with Gasteiger partial charge >= 0.3 is 0 Å². The van der Waals surface area contributed by atoms with Gasteiger partial charge in [-0.05, 0) is 41.9 Å². The molecule has 0 unspecified atom stereocenters. The Morgan fingerprint density at radius 1 is 1.33 bits per heavy atom. The summed E-state index contributed by atoms with van der Waals surface area (Å²) in [6.45, 7) is 6.63. The van der Waals surface area contributed by atoms with Crippen molar-refractivity contribution in [2.45, 2.75) is 20.4 Å². The van der Waals surface area contributed by atoms with Crippen LogP contribution in [0.5, 0.6) is 0 Å². The molecule has 5 heteroatoms. The molecular weight excluding hydrogens is 274 g/mol. The summed E-state index contributed by atoms with van der Waals surface area (Å²) in [7, 11) is 0. The standard InChI is InChI=1S/C10H16BrN3S/c1-3-12-10(13-4-2)14-7-8-5-6-9(11)15-8/h5-6H,3-4,7H2,1-2H3,(H2,12,13,14). The van der Waals surface area contributed by atoms with Gasteiger partial charge in [-0.3, -0.25) is 0 Å². The lowest BCUT2D eigenvalue weighted by molar-refractivity contribution is 0.841. The van der Waals surface area contributed by atoms with Crippen LogP contribution in [0, 0.1) is 0 Å². The van der Waals surface area contributed by atoms with Gasteiger partial charge in [0.2, 0.25) is 0 Å². The molecule has 0 atom stereocenters. The molecule has 0 saturated heterocycles. The van der Waals surface area contributed by atoms with Crippen LogP contribution in [0.25, 0.3) is 0 Å². The molecule has 15 heavy (non-hydrogen) atoms. The van der Waals surface area contributed by atoms with Gasteiger partial charge in [0.15, 0.2) is 5.96 Å². The van der Waals surface area contributed by atoms with Gasteiger partial charge in [0, 0.05) is 18.0 Å². The van der Waals surface area contributed by atoms with Crippen LogP contribution in [0.1, 0.15) is 18.7 Å². The molecule has 84 valence electrons. The quantitative estimate of drug-likeness (QED) is 0.660. The molecule has 3 nitrogen and oxygen atoms in total. The van der Waals surface area contributed by atoms with Crippen molar-refractivity contribution < 1.29 is 0 Å². The maximum Gasteiger partial charge on any atom is 0.191 e. The lowest BCUT2D eigenvalue weighted by atomic mass is 10.5. The summed E-state index contributed by atoms with van der Waals surface area (Å²) in [6.07, 6.45) is 0. The van der Waals surface area contributed by atoms with E-state index < -0.39 is 0 Å². The summed E-state index contributed by atoms with van der Waals surface area (Å²) in [6, 6.07) is 4.14. The fraction of sp³-hybridized carbons (Fsp3) is 0.500. The first-order chi connectivity index (χ1) is 7.26. The minimum absolute atomic E-state index is 0.728. The molecule has 0 amide bonds. The van der Waals surface area contributed by atoms with E-state index in [9.17, 15) is 0 Å². The van der Waals surface area contributed by atoms with E-state index in [2.05, 4.69) is 57.5 Å². The molecule has 0 aliphatic carbocycles. The van der Waals surface area contributed by atoms with Crippen molar-refractivity contribution in [3.63, 3.8) is 0 Å². The first kappa shape index (κ1) is 12.5. The van der Waals surface area contributed by atoms with Crippen molar-refractivity contribution >= 4 is 33.2 Å². The first-order valence-corrected chi connectivity index (χ1v) is 6.63. The zero-order valence-electron chi connectivity index (χ0n) is 9.01. The number of hydrogen-bond acceptors (Lipinski definition) is 2. The van der Waals surface area contributed by atoms with Crippen LogP contribution in [-0.4, -0.2) is 19.0 Å². The molecule has 0 aromatic carbocycles. The van der Waals surface area contributed by atoms with Crippen LogP contribution in [0.4, 0.5) is 0 Å². The molecule has 0 aliphatic heterocycles. The van der Waals surface area contributed by atoms with E-state index in [0.717, 1.165) is 29.4 Å². The van der Waals surface area contributed by atoms with Gasteiger partial charge in [0.25, 0.3) is 0 Å². The molecule has 0 fully saturated rings. The van der Waals surface area contributed by atoms with Gasteiger partial charge < -0.3 is 10.6 Å². The molecule has 1 rings (SSSR count). The fourth-order valence-electron chi connectivity index (χ4n) is 1.10. The highest BCUT2D eigenvalue weighted by molar-refractivity contribution is 9.11. The van der Waals surface area contributed by atoms with Gasteiger partial charge in [-0.1, -0.05) is 0 Å². The van der Waals surface area contributed by atoms with Crippen LogP contribution < -0.4 is 10.6 Å². The Morgan fingerprint density at radius 2 is 2.00 bits per heavy atom. The number of rotatable bonds is 4. The molecule has 0 saturated carbocycles.